The van der Waals surface area contributed by atoms with E-state index >= 15 is 0 Å². The minimum Gasteiger partial charge on any atom is -0.294 e. The van der Waals surface area contributed by atoms with E-state index in [0.717, 1.165) is 38.5 Å². The van der Waals surface area contributed by atoms with Crippen molar-refractivity contribution in [3.05, 3.63) is 76.3 Å². The average molecular weight is 437 g/mol. The summed E-state index contributed by atoms with van der Waals surface area (Å²) < 4.78 is 0. The second-order valence-electron chi connectivity index (χ2n) is 7.10. The van der Waals surface area contributed by atoms with E-state index in [2.05, 4.69) is 10.3 Å². The molecule has 0 aliphatic carbocycles. The first-order valence-corrected chi connectivity index (χ1v) is 11.3. The van der Waals surface area contributed by atoms with Gasteiger partial charge in [0.1, 0.15) is 5.01 Å². The lowest BCUT2D eigenvalue weighted by Gasteiger charge is -2.06. The first kappa shape index (κ1) is 20.5. The predicted molar refractivity (Wildman–Crippen MR) is 120 cm³/mol. The average Bonchev–Trinajstić information content (AvgIpc) is 3.28. The summed E-state index contributed by atoms with van der Waals surface area (Å²) in [6.45, 7) is 1.99. The Bertz CT molecular complexity index is 1090. The number of amides is 2. The Hall–Kier alpha value is -2.77. The molecule has 1 aliphatic heterocycles. The van der Waals surface area contributed by atoms with E-state index < -0.39 is 5.25 Å². The van der Waals surface area contributed by atoms with Crippen LogP contribution in [0.2, 0.25) is 0 Å². The fraction of sp³-hybridized carbons (Fsp3) is 0.217. The molecule has 1 aromatic heterocycles. The minimum atomic E-state index is -0.396. The second-order valence-corrected chi connectivity index (χ2v) is 9.36. The number of rotatable bonds is 7. The first-order chi connectivity index (χ1) is 14.5. The van der Waals surface area contributed by atoms with Gasteiger partial charge >= 0.3 is 0 Å². The molecule has 2 aromatic carbocycles. The number of benzene rings is 2. The molecule has 3 aromatic rings. The Balaban J connectivity index is 1.36. The third-order valence-corrected chi connectivity index (χ3v) is 7.20. The highest BCUT2D eigenvalue weighted by atomic mass is 32.2. The van der Waals surface area contributed by atoms with Crippen LogP contribution in [-0.2, 0) is 17.6 Å². The van der Waals surface area contributed by atoms with Crippen LogP contribution in [0, 0.1) is 6.92 Å². The zero-order valence-electron chi connectivity index (χ0n) is 16.4. The number of nitrogens with one attached hydrogen (secondary N) is 1. The smallest absolute Gasteiger partial charge is 0.286 e. The normalized spacial score (nSPS) is 16.0. The number of Topliss-reactive ketones (excluding diaryl/α,β-unsaturated/α-hetero) is 1. The molecule has 1 atom stereocenters. The van der Waals surface area contributed by atoms with Crippen LogP contribution in [-0.4, -0.2) is 27.2 Å². The van der Waals surface area contributed by atoms with E-state index in [1.165, 1.54) is 0 Å². The summed E-state index contributed by atoms with van der Waals surface area (Å²) in [5, 5.41) is 2.57. The number of hydrogen-bond acceptors (Lipinski definition) is 6. The van der Waals surface area contributed by atoms with Gasteiger partial charge in [0.15, 0.2) is 5.78 Å². The van der Waals surface area contributed by atoms with Crippen molar-refractivity contribution in [1.82, 2.24) is 10.3 Å². The second kappa shape index (κ2) is 8.93. The van der Waals surface area contributed by atoms with Crippen LogP contribution in [0.25, 0.3) is 10.6 Å². The van der Waals surface area contributed by atoms with Crippen molar-refractivity contribution in [2.45, 2.75) is 31.4 Å². The highest BCUT2D eigenvalue weighted by molar-refractivity contribution is 8.15. The summed E-state index contributed by atoms with van der Waals surface area (Å²) in [7, 11) is 0. The van der Waals surface area contributed by atoms with Crippen molar-refractivity contribution < 1.29 is 14.4 Å². The van der Waals surface area contributed by atoms with E-state index in [-0.39, 0.29) is 16.9 Å². The van der Waals surface area contributed by atoms with Crippen LogP contribution in [0.4, 0.5) is 4.79 Å². The predicted octanol–water partition coefficient (Wildman–Crippen LogP) is 4.83. The molecule has 1 saturated heterocycles. The molecule has 1 fully saturated rings. The molecule has 0 bridgehead atoms. The molecule has 1 unspecified atom stereocenters. The third-order valence-electron chi connectivity index (χ3n) is 4.96. The lowest BCUT2D eigenvalue weighted by molar-refractivity contribution is -0.118. The maximum absolute atomic E-state index is 12.6. The molecule has 1 aliphatic rings. The van der Waals surface area contributed by atoms with Gasteiger partial charge in [0.2, 0.25) is 5.91 Å². The molecule has 5 nitrogen and oxygen atoms in total. The van der Waals surface area contributed by atoms with Gasteiger partial charge in [-0.3, -0.25) is 19.7 Å². The van der Waals surface area contributed by atoms with E-state index in [9.17, 15) is 14.4 Å². The molecule has 152 valence electrons. The topological polar surface area (TPSA) is 76.1 Å². The molecule has 2 heterocycles. The van der Waals surface area contributed by atoms with Gasteiger partial charge in [-0.25, -0.2) is 4.98 Å². The zero-order valence-corrected chi connectivity index (χ0v) is 18.0. The molecule has 7 heteroatoms. The SMILES string of the molecule is Cc1nc(-c2ccccc2)sc1CCC(=O)c1ccc(CC2SC(=O)NC2=O)cc1. The van der Waals surface area contributed by atoms with Gasteiger partial charge in [-0.2, -0.15) is 0 Å². The van der Waals surface area contributed by atoms with Crippen molar-refractivity contribution in [3.63, 3.8) is 0 Å². The van der Waals surface area contributed by atoms with Crippen LogP contribution in [0.5, 0.6) is 0 Å². The summed E-state index contributed by atoms with van der Waals surface area (Å²) in [6, 6.07) is 17.4. The van der Waals surface area contributed by atoms with Crippen molar-refractivity contribution >= 4 is 40.0 Å². The van der Waals surface area contributed by atoms with E-state index in [1.54, 1.807) is 23.5 Å². The fourth-order valence-corrected chi connectivity index (χ4v) is 5.23. The number of thioether (sulfide) groups is 1. The van der Waals surface area contributed by atoms with Gasteiger partial charge in [0.05, 0.1) is 10.9 Å². The van der Waals surface area contributed by atoms with E-state index in [1.807, 2.05) is 49.4 Å². The van der Waals surface area contributed by atoms with Gasteiger partial charge in [0, 0.05) is 22.4 Å². The Morgan fingerprint density at radius 3 is 2.47 bits per heavy atom. The summed E-state index contributed by atoms with van der Waals surface area (Å²) in [5.74, 6) is -0.168. The van der Waals surface area contributed by atoms with Crippen molar-refractivity contribution in [3.8, 4) is 10.6 Å². The third kappa shape index (κ3) is 4.68. The molecule has 0 radical (unpaired) electrons. The minimum absolute atomic E-state index is 0.0822. The molecule has 0 spiro atoms. The number of imide groups is 1. The van der Waals surface area contributed by atoms with Crippen LogP contribution < -0.4 is 5.32 Å². The largest absolute Gasteiger partial charge is 0.294 e. The fourth-order valence-electron chi connectivity index (χ4n) is 3.30. The highest BCUT2D eigenvalue weighted by Gasteiger charge is 2.31. The number of ketones is 1. The van der Waals surface area contributed by atoms with Crippen molar-refractivity contribution in [2.75, 3.05) is 0 Å². The number of aryl methyl sites for hydroxylation is 2. The number of thiazole rings is 1. The summed E-state index contributed by atoms with van der Waals surface area (Å²) in [6.07, 6.45) is 1.56. The Labute approximate surface area is 182 Å². The quantitative estimate of drug-likeness (QED) is 0.537. The molecule has 1 N–H and O–H groups in total. The summed E-state index contributed by atoms with van der Waals surface area (Å²) in [4.78, 5) is 41.4. The van der Waals surface area contributed by atoms with Gasteiger partial charge < -0.3 is 0 Å². The van der Waals surface area contributed by atoms with Crippen LogP contribution in [0.3, 0.4) is 0 Å². The molecule has 2 amide bonds. The van der Waals surface area contributed by atoms with Crippen molar-refractivity contribution in [1.29, 1.82) is 0 Å². The van der Waals surface area contributed by atoms with E-state index in [0.29, 0.717) is 24.8 Å². The number of nitrogens with zero attached hydrogens (tertiary/aromatic N) is 1. The standard InChI is InChI=1S/C23H20N2O3S2/c1-14-19(29-22(24-14)17-5-3-2-4-6-17)12-11-18(26)16-9-7-15(8-10-16)13-20-21(27)25-23(28)30-20/h2-10,20H,11-13H2,1H3,(H,25,27,28). The lowest BCUT2D eigenvalue weighted by atomic mass is 10.0. The first-order valence-electron chi connectivity index (χ1n) is 9.65. The molecule has 4 rings (SSSR count). The van der Waals surface area contributed by atoms with E-state index in [4.69, 9.17) is 0 Å². The molecule has 30 heavy (non-hydrogen) atoms. The van der Waals surface area contributed by atoms with Crippen molar-refractivity contribution in [2.24, 2.45) is 0 Å². The van der Waals surface area contributed by atoms with Gasteiger partial charge in [-0.15, -0.1) is 11.3 Å². The maximum Gasteiger partial charge on any atom is 0.286 e. The number of aromatic nitrogens is 1. The highest BCUT2D eigenvalue weighted by Crippen LogP contribution is 2.29. The van der Waals surface area contributed by atoms with Crippen LogP contribution in [0.1, 0.15) is 32.9 Å². The zero-order chi connectivity index (χ0) is 21.1. The number of hydrogen-bond donors (Lipinski definition) is 1. The van der Waals surface area contributed by atoms with Gasteiger partial charge in [-0.05, 0) is 25.3 Å². The van der Waals surface area contributed by atoms with Gasteiger partial charge in [0.25, 0.3) is 5.24 Å². The monoisotopic (exact) mass is 436 g/mol. The maximum atomic E-state index is 12.6. The Kier molecular flexibility index (Phi) is 6.11. The van der Waals surface area contributed by atoms with Gasteiger partial charge in [-0.1, -0.05) is 66.4 Å². The van der Waals surface area contributed by atoms with Crippen LogP contribution in [0.15, 0.2) is 54.6 Å². The Morgan fingerprint density at radius 1 is 1.07 bits per heavy atom. The molecule has 0 saturated carbocycles. The van der Waals surface area contributed by atoms with Crippen LogP contribution >= 0.6 is 23.1 Å². The summed E-state index contributed by atoms with van der Waals surface area (Å²) >= 11 is 2.65. The lowest BCUT2D eigenvalue weighted by Crippen LogP contribution is -2.25. The molecular formula is C23H20N2O3S2. The molecular weight excluding hydrogens is 416 g/mol. The Morgan fingerprint density at radius 2 is 1.80 bits per heavy atom. The number of carbonyl (C=O) groups is 3. The number of carbonyl (C=O) groups excluding carboxylic acids is 3. The summed E-state index contributed by atoms with van der Waals surface area (Å²) in [5.41, 5.74) is 3.65.